The van der Waals surface area contributed by atoms with Gasteiger partial charge in [0.05, 0.1) is 12.6 Å². The Morgan fingerprint density at radius 2 is 2.14 bits per heavy atom. The molecule has 1 fully saturated rings. The number of hydrogen-bond acceptors (Lipinski definition) is 6. The molecule has 0 spiro atoms. The number of ether oxygens (including phenoxy) is 2. The number of amides is 1. The predicted molar refractivity (Wildman–Crippen MR) is 107 cm³/mol. The summed E-state index contributed by atoms with van der Waals surface area (Å²) >= 11 is 1.63. The maximum absolute atomic E-state index is 12.8. The Labute approximate surface area is 166 Å². The molecule has 1 aliphatic rings. The Hall–Kier alpha value is -2.64. The fourth-order valence-corrected chi connectivity index (χ4v) is 3.97. The summed E-state index contributed by atoms with van der Waals surface area (Å²) in [6, 6.07) is 12.3. The Morgan fingerprint density at radius 3 is 2.93 bits per heavy atom. The van der Waals surface area contributed by atoms with E-state index in [0.29, 0.717) is 24.4 Å². The molecule has 1 saturated heterocycles. The Balaban J connectivity index is 1.43. The van der Waals surface area contributed by atoms with Gasteiger partial charge in [0.25, 0.3) is 5.91 Å². The van der Waals surface area contributed by atoms with Crippen molar-refractivity contribution >= 4 is 28.2 Å². The molecule has 4 rings (SSSR count). The van der Waals surface area contributed by atoms with Crippen molar-refractivity contribution < 1.29 is 18.7 Å². The van der Waals surface area contributed by atoms with Crippen molar-refractivity contribution in [3.8, 4) is 5.75 Å². The summed E-state index contributed by atoms with van der Waals surface area (Å²) in [5, 5.41) is 2.81. The van der Waals surface area contributed by atoms with Crippen LogP contribution in [0.2, 0.25) is 0 Å². The van der Waals surface area contributed by atoms with Crippen LogP contribution in [-0.2, 0) is 16.1 Å². The minimum atomic E-state index is -0.417. The lowest BCUT2D eigenvalue weighted by molar-refractivity contribution is -0.135. The predicted octanol–water partition coefficient (Wildman–Crippen LogP) is 3.44. The van der Waals surface area contributed by atoms with Gasteiger partial charge in [0.2, 0.25) is 0 Å². The molecule has 0 radical (unpaired) electrons. The van der Waals surface area contributed by atoms with Gasteiger partial charge in [0.1, 0.15) is 11.3 Å². The van der Waals surface area contributed by atoms with Gasteiger partial charge in [0.15, 0.2) is 6.61 Å². The third-order valence-electron chi connectivity index (χ3n) is 4.68. The molecular weight excluding hydrogens is 378 g/mol. The summed E-state index contributed by atoms with van der Waals surface area (Å²) in [5.41, 5.74) is 0.0201. The Bertz CT molecular complexity index is 991. The third kappa shape index (κ3) is 4.61. The number of nitrogens with zero attached hydrogens (tertiary/aromatic N) is 1. The van der Waals surface area contributed by atoms with Crippen LogP contribution in [-0.4, -0.2) is 36.7 Å². The number of rotatable bonds is 7. The number of carbonyl (C=O) groups is 1. The fourth-order valence-electron chi connectivity index (χ4n) is 3.25. The van der Waals surface area contributed by atoms with E-state index in [-0.39, 0.29) is 18.6 Å². The highest BCUT2D eigenvalue weighted by molar-refractivity contribution is 7.09. The van der Waals surface area contributed by atoms with Crippen molar-refractivity contribution in [3.63, 3.8) is 0 Å². The average molecular weight is 399 g/mol. The molecule has 0 N–H and O–H groups in total. The lowest BCUT2D eigenvalue weighted by Crippen LogP contribution is -2.39. The van der Waals surface area contributed by atoms with Gasteiger partial charge in [-0.2, -0.15) is 0 Å². The molecule has 1 unspecified atom stereocenters. The number of hydrogen-bond donors (Lipinski definition) is 0. The van der Waals surface area contributed by atoms with Crippen molar-refractivity contribution in [3.05, 3.63) is 63.1 Å². The average Bonchev–Trinajstić information content (AvgIpc) is 3.39. The normalized spacial score (nSPS) is 16.4. The van der Waals surface area contributed by atoms with Crippen LogP contribution in [0.4, 0.5) is 0 Å². The van der Waals surface area contributed by atoms with Crippen molar-refractivity contribution in [2.45, 2.75) is 25.5 Å². The van der Waals surface area contributed by atoms with Gasteiger partial charge in [-0.25, -0.2) is 4.79 Å². The maximum atomic E-state index is 12.8. The van der Waals surface area contributed by atoms with E-state index in [1.807, 2.05) is 17.5 Å². The molecule has 6 nitrogen and oxygen atoms in total. The molecule has 7 heteroatoms. The molecule has 0 bridgehead atoms. The lowest BCUT2D eigenvalue weighted by atomic mass is 10.2. The van der Waals surface area contributed by atoms with Crippen LogP contribution in [0.3, 0.4) is 0 Å². The van der Waals surface area contributed by atoms with Crippen LogP contribution in [0.5, 0.6) is 5.75 Å². The molecule has 0 saturated carbocycles. The largest absolute Gasteiger partial charge is 0.484 e. The second kappa shape index (κ2) is 8.58. The molecule has 1 atom stereocenters. The zero-order valence-electron chi connectivity index (χ0n) is 15.3. The zero-order valence-corrected chi connectivity index (χ0v) is 16.2. The second-order valence-corrected chi connectivity index (χ2v) is 7.76. The number of benzene rings is 1. The number of carbonyl (C=O) groups excluding carboxylic acids is 1. The standard InChI is InChI=1S/C21H21NO5S/c23-20(14-26-16-7-5-15-6-8-21(24)27-19(15)11-16)22(12-17-3-1-9-25-17)13-18-4-2-10-28-18/h2,4-8,10-11,17H,1,3,9,12-14H2. The maximum Gasteiger partial charge on any atom is 0.336 e. The van der Waals surface area contributed by atoms with Gasteiger partial charge in [-0.05, 0) is 42.5 Å². The lowest BCUT2D eigenvalue weighted by Gasteiger charge is -2.25. The zero-order chi connectivity index (χ0) is 19.3. The van der Waals surface area contributed by atoms with Crippen LogP contribution in [0.1, 0.15) is 17.7 Å². The molecule has 146 valence electrons. The summed E-state index contributed by atoms with van der Waals surface area (Å²) in [6.07, 6.45) is 2.09. The molecule has 2 aromatic heterocycles. The van der Waals surface area contributed by atoms with E-state index in [0.717, 1.165) is 29.7 Å². The van der Waals surface area contributed by atoms with Gasteiger partial charge in [-0.1, -0.05) is 6.07 Å². The van der Waals surface area contributed by atoms with Gasteiger partial charge >= 0.3 is 5.63 Å². The fraction of sp³-hybridized carbons (Fsp3) is 0.333. The highest BCUT2D eigenvalue weighted by Crippen LogP contribution is 2.21. The van der Waals surface area contributed by atoms with Gasteiger partial charge in [-0.3, -0.25) is 4.79 Å². The monoisotopic (exact) mass is 399 g/mol. The second-order valence-electron chi connectivity index (χ2n) is 6.73. The molecule has 3 heterocycles. The summed E-state index contributed by atoms with van der Waals surface area (Å²) in [5.74, 6) is 0.391. The molecular formula is C21H21NO5S. The van der Waals surface area contributed by atoms with E-state index < -0.39 is 5.63 Å². The molecule has 1 aliphatic heterocycles. The third-order valence-corrected chi connectivity index (χ3v) is 5.55. The van der Waals surface area contributed by atoms with Crippen molar-refractivity contribution in [1.82, 2.24) is 4.90 Å². The minimum Gasteiger partial charge on any atom is -0.484 e. The molecule has 28 heavy (non-hydrogen) atoms. The Kier molecular flexibility index (Phi) is 5.73. The van der Waals surface area contributed by atoms with Crippen LogP contribution in [0.15, 0.2) is 57.1 Å². The molecule has 1 amide bonds. The van der Waals surface area contributed by atoms with Crippen molar-refractivity contribution in [2.24, 2.45) is 0 Å². The summed E-state index contributed by atoms with van der Waals surface area (Å²) in [6.45, 7) is 1.78. The van der Waals surface area contributed by atoms with Gasteiger partial charge in [-0.15, -0.1) is 11.3 Å². The quantitative estimate of drug-likeness (QED) is 0.569. The SMILES string of the molecule is O=C(COc1ccc2ccc(=O)oc2c1)N(Cc1cccs1)CC1CCCO1. The first-order valence-corrected chi connectivity index (χ1v) is 10.1. The van der Waals surface area contributed by atoms with E-state index in [4.69, 9.17) is 13.9 Å². The number of thiophene rings is 1. The summed E-state index contributed by atoms with van der Waals surface area (Å²) in [7, 11) is 0. The topological polar surface area (TPSA) is 69.0 Å². The highest BCUT2D eigenvalue weighted by atomic mass is 32.1. The van der Waals surface area contributed by atoms with Crippen LogP contribution >= 0.6 is 11.3 Å². The summed E-state index contributed by atoms with van der Waals surface area (Å²) in [4.78, 5) is 27.1. The smallest absolute Gasteiger partial charge is 0.336 e. The Morgan fingerprint density at radius 1 is 1.25 bits per heavy atom. The van der Waals surface area contributed by atoms with E-state index in [9.17, 15) is 9.59 Å². The van der Waals surface area contributed by atoms with Crippen molar-refractivity contribution in [1.29, 1.82) is 0 Å². The van der Waals surface area contributed by atoms with Crippen LogP contribution < -0.4 is 10.4 Å². The number of fused-ring (bicyclic) bond motifs is 1. The van der Waals surface area contributed by atoms with Gasteiger partial charge < -0.3 is 18.8 Å². The van der Waals surface area contributed by atoms with E-state index in [1.165, 1.54) is 6.07 Å². The summed E-state index contributed by atoms with van der Waals surface area (Å²) < 4.78 is 16.6. The van der Waals surface area contributed by atoms with Crippen LogP contribution in [0.25, 0.3) is 11.0 Å². The highest BCUT2D eigenvalue weighted by Gasteiger charge is 2.23. The first-order chi connectivity index (χ1) is 13.7. The first kappa shape index (κ1) is 18.7. The van der Waals surface area contributed by atoms with E-state index in [1.54, 1.807) is 40.5 Å². The molecule has 3 aromatic rings. The molecule has 0 aliphatic carbocycles. The minimum absolute atomic E-state index is 0.0823. The van der Waals surface area contributed by atoms with E-state index >= 15 is 0 Å². The van der Waals surface area contributed by atoms with Gasteiger partial charge in [0, 0.05) is 35.5 Å². The first-order valence-electron chi connectivity index (χ1n) is 9.26. The van der Waals surface area contributed by atoms with Crippen LogP contribution in [0, 0.1) is 0 Å². The van der Waals surface area contributed by atoms with E-state index in [2.05, 4.69) is 0 Å². The van der Waals surface area contributed by atoms with Crippen molar-refractivity contribution in [2.75, 3.05) is 19.8 Å². The molecule has 1 aromatic carbocycles.